The molecule has 8 heteroatoms. The largest absolute Gasteiger partial charge is 0.305 e. The third-order valence-electron chi connectivity index (χ3n) is 3.04. The molecule has 0 aliphatic heterocycles. The lowest BCUT2D eigenvalue weighted by Gasteiger charge is -2.03. The van der Waals surface area contributed by atoms with Gasteiger partial charge in [-0.2, -0.15) is 5.10 Å². The molecule has 1 heterocycles. The van der Waals surface area contributed by atoms with Gasteiger partial charge in [-0.3, -0.25) is 9.48 Å². The summed E-state index contributed by atoms with van der Waals surface area (Å²) in [5.41, 5.74) is 0.183. The fourth-order valence-corrected chi connectivity index (χ4v) is 2.50. The fraction of sp³-hybridized carbons (Fsp3) is 0.286. The van der Waals surface area contributed by atoms with Gasteiger partial charge in [0.25, 0.3) is 5.91 Å². The van der Waals surface area contributed by atoms with Crippen LogP contribution in [0.4, 0.5) is 10.2 Å². The number of anilines is 1. The predicted octanol–water partition coefficient (Wildman–Crippen LogP) is 1.71. The van der Waals surface area contributed by atoms with Gasteiger partial charge in [0.05, 0.1) is 12.3 Å². The molecular formula is C14H16FN3O3S. The van der Waals surface area contributed by atoms with Crippen molar-refractivity contribution in [3.63, 3.8) is 0 Å². The standard InChI is InChI=1S/C14H16FN3O3S/c1-2-22(20,21)9-8-18-7-6-13(17-18)16-14(19)11-4-3-5-12(15)10-11/h3-7,10H,2,8-9H2,1H3,(H,16,17,19). The van der Waals surface area contributed by atoms with E-state index in [1.54, 1.807) is 19.2 Å². The van der Waals surface area contributed by atoms with Gasteiger partial charge in [0.15, 0.2) is 15.7 Å². The molecule has 6 nitrogen and oxygen atoms in total. The van der Waals surface area contributed by atoms with Crippen LogP contribution in [0.5, 0.6) is 0 Å². The zero-order chi connectivity index (χ0) is 16.2. The lowest BCUT2D eigenvalue weighted by atomic mass is 10.2. The Bertz CT molecular complexity index is 771. The first-order chi connectivity index (χ1) is 10.4. The molecule has 0 unspecified atom stereocenters. The minimum absolute atomic E-state index is 0.0114. The maximum atomic E-state index is 13.1. The minimum atomic E-state index is -3.07. The highest BCUT2D eigenvalue weighted by molar-refractivity contribution is 7.91. The van der Waals surface area contributed by atoms with Crippen molar-refractivity contribution in [2.45, 2.75) is 13.5 Å². The molecule has 0 radical (unpaired) electrons. The third kappa shape index (κ3) is 4.39. The van der Waals surface area contributed by atoms with Gasteiger partial charge in [-0.1, -0.05) is 13.0 Å². The Morgan fingerprint density at radius 2 is 2.14 bits per heavy atom. The molecule has 1 N–H and O–H groups in total. The Labute approximate surface area is 127 Å². The number of halogens is 1. The average molecular weight is 325 g/mol. The molecular weight excluding hydrogens is 309 g/mol. The van der Waals surface area contributed by atoms with E-state index in [4.69, 9.17) is 0 Å². The average Bonchev–Trinajstić information content (AvgIpc) is 2.93. The Hall–Kier alpha value is -2.22. The Balaban J connectivity index is 1.99. The summed E-state index contributed by atoms with van der Waals surface area (Å²) in [6, 6.07) is 6.86. The zero-order valence-electron chi connectivity index (χ0n) is 12.0. The molecule has 22 heavy (non-hydrogen) atoms. The van der Waals surface area contributed by atoms with Crippen LogP contribution in [0, 0.1) is 5.82 Å². The molecule has 1 aromatic heterocycles. The van der Waals surface area contributed by atoms with E-state index in [0.29, 0.717) is 0 Å². The SMILES string of the molecule is CCS(=O)(=O)CCn1ccc(NC(=O)c2cccc(F)c2)n1. The van der Waals surface area contributed by atoms with Crippen molar-refractivity contribution in [3.05, 3.63) is 47.9 Å². The van der Waals surface area contributed by atoms with E-state index in [0.717, 1.165) is 6.07 Å². The molecule has 0 aliphatic rings. The number of sulfone groups is 1. The number of amides is 1. The second-order valence-electron chi connectivity index (χ2n) is 4.66. The van der Waals surface area contributed by atoms with Gasteiger partial charge >= 0.3 is 0 Å². The number of aromatic nitrogens is 2. The first-order valence-electron chi connectivity index (χ1n) is 6.70. The van der Waals surface area contributed by atoms with Gasteiger partial charge in [0.1, 0.15) is 5.82 Å². The van der Waals surface area contributed by atoms with Gasteiger partial charge < -0.3 is 5.32 Å². The van der Waals surface area contributed by atoms with E-state index in [1.807, 2.05) is 0 Å². The first kappa shape index (κ1) is 16.2. The lowest BCUT2D eigenvalue weighted by Crippen LogP contribution is -2.16. The van der Waals surface area contributed by atoms with Crippen LogP contribution in [0.15, 0.2) is 36.5 Å². The van der Waals surface area contributed by atoms with Crippen LogP contribution in [-0.4, -0.2) is 35.6 Å². The third-order valence-corrected chi connectivity index (χ3v) is 4.72. The number of rotatable bonds is 6. The van der Waals surface area contributed by atoms with Crippen molar-refractivity contribution in [2.75, 3.05) is 16.8 Å². The normalized spacial score (nSPS) is 11.4. The van der Waals surface area contributed by atoms with E-state index < -0.39 is 21.6 Å². The highest BCUT2D eigenvalue weighted by Gasteiger charge is 2.11. The highest BCUT2D eigenvalue weighted by Crippen LogP contribution is 2.08. The molecule has 0 saturated heterocycles. The van der Waals surface area contributed by atoms with Crippen molar-refractivity contribution >= 4 is 21.6 Å². The van der Waals surface area contributed by atoms with E-state index in [9.17, 15) is 17.6 Å². The van der Waals surface area contributed by atoms with Crippen molar-refractivity contribution < 1.29 is 17.6 Å². The van der Waals surface area contributed by atoms with E-state index in [2.05, 4.69) is 10.4 Å². The van der Waals surface area contributed by atoms with Crippen molar-refractivity contribution in [1.82, 2.24) is 9.78 Å². The summed E-state index contributed by atoms with van der Waals surface area (Å²) >= 11 is 0. The predicted molar refractivity (Wildman–Crippen MR) is 80.9 cm³/mol. The van der Waals surface area contributed by atoms with Crippen LogP contribution < -0.4 is 5.32 Å². The summed E-state index contributed by atoms with van der Waals surface area (Å²) in [6.07, 6.45) is 1.58. The topological polar surface area (TPSA) is 81.1 Å². The summed E-state index contributed by atoms with van der Waals surface area (Å²) in [7, 11) is -3.07. The number of nitrogens with zero attached hydrogens (tertiary/aromatic N) is 2. The maximum absolute atomic E-state index is 13.1. The highest BCUT2D eigenvalue weighted by atomic mass is 32.2. The minimum Gasteiger partial charge on any atom is -0.305 e. The second-order valence-corrected chi connectivity index (χ2v) is 7.14. The molecule has 0 bridgehead atoms. The molecule has 2 aromatic rings. The first-order valence-corrected chi connectivity index (χ1v) is 8.52. The number of hydrogen-bond donors (Lipinski definition) is 1. The summed E-state index contributed by atoms with van der Waals surface area (Å²) in [6.45, 7) is 1.80. The van der Waals surface area contributed by atoms with Crippen molar-refractivity contribution in [2.24, 2.45) is 0 Å². The van der Waals surface area contributed by atoms with Gasteiger partial charge in [-0.25, -0.2) is 12.8 Å². The monoisotopic (exact) mass is 325 g/mol. The van der Waals surface area contributed by atoms with Crippen LogP contribution >= 0.6 is 0 Å². The van der Waals surface area contributed by atoms with Crippen LogP contribution in [0.3, 0.4) is 0 Å². The quantitative estimate of drug-likeness (QED) is 0.876. The number of hydrogen-bond acceptors (Lipinski definition) is 4. The number of carbonyl (C=O) groups is 1. The van der Waals surface area contributed by atoms with Crippen molar-refractivity contribution in [3.8, 4) is 0 Å². The molecule has 0 spiro atoms. The number of nitrogens with one attached hydrogen (secondary N) is 1. The molecule has 0 aliphatic carbocycles. The van der Waals surface area contributed by atoms with E-state index >= 15 is 0 Å². The zero-order valence-corrected chi connectivity index (χ0v) is 12.8. The van der Waals surface area contributed by atoms with E-state index in [-0.39, 0.29) is 29.4 Å². The Kier molecular flexibility index (Phi) is 4.92. The fourth-order valence-electron chi connectivity index (χ4n) is 1.75. The summed E-state index contributed by atoms with van der Waals surface area (Å²) in [5, 5.41) is 6.59. The molecule has 2 rings (SSSR count). The van der Waals surface area contributed by atoms with Gasteiger partial charge in [0, 0.05) is 23.6 Å². The summed E-state index contributed by atoms with van der Waals surface area (Å²) in [5.74, 6) is -0.628. The van der Waals surface area contributed by atoms with Gasteiger partial charge in [0.2, 0.25) is 0 Å². The molecule has 118 valence electrons. The molecule has 0 atom stereocenters. The lowest BCUT2D eigenvalue weighted by molar-refractivity contribution is 0.102. The summed E-state index contributed by atoms with van der Waals surface area (Å²) < 4.78 is 37.4. The number of benzene rings is 1. The van der Waals surface area contributed by atoms with Crippen LogP contribution in [0.25, 0.3) is 0 Å². The van der Waals surface area contributed by atoms with Crippen LogP contribution in [0.2, 0.25) is 0 Å². The molecule has 1 aromatic carbocycles. The molecule has 0 fully saturated rings. The Morgan fingerprint density at radius 1 is 1.36 bits per heavy atom. The van der Waals surface area contributed by atoms with Crippen molar-refractivity contribution in [1.29, 1.82) is 0 Å². The van der Waals surface area contributed by atoms with Gasteiger partial charge in [-0.05, 0) is 18.2 Å². The number of carbonyl (C=O) groups excluding carboxylic acids is 1. The van der Waals surface area contributed by atoms with Gasteiger partial charge in [-0.15, -0.1) is 0 Å². The molecule has 0 saturated carbocycles. The second kappa shape index (κ2) is 6.69. The Morgan fingerprint density at radius 3 is 2.82 bits per heavy atom. The van der Waals surface area contributed by atoms with Crippen LogP contribution in [0.1, 0.15) is 17.3 Å². The maximum Gasteiger partial charge on any atom is 0.256 e. The summed E-state index contributed by atoms with van der Waals surface area (Å²) in [4.78, 5) is 11.9. The van der Waals surface area contributed by atoms with E-state index in [1.165, 1.54) is 22.9 Å². The van der Waals surface area contributed by atoms with Crippen LogP contribution in [-0.2, 0) is 16.4 Å². The molecule has 1 amide bonds. The number of aryl methyl sites for hydroxylation is 1. The smallest absolute Gasteiger partial charge is 0.256 e.